The molecule has 1 aromatic heterocycles. The number of aromatic nitrogens is 2. The lowest BCUT2D eigenvalue weighted by Gasteiger charge is -2.06. The Kier molecular flexibility index (Phi) is 3.09. The van der Waals surface area contributed by atoms with Crippen molar-refractivity contribution in [1.29, 1.82) is 0 Å². The van der Waals surface area contributed by atoms with Gasteiger partial charge in [0.2, 0.25) is 11.7 Å². The van der Waals surface area contributed by atoms with Crippen LogP contribution in [0.2, 0.25) is 0 Å². The number of halogens is 3. The molecule has 0 saturated carbocycles. The topological polar surface area (TPSA) is 35.0 Å². The predicted octanol–water partition coefficient (Wildman–Crippen LogP) is 3.31. The van der Waals surface area contributed by atoms with Gasteiger partial charge in [-0.05, 0) is 28.1 Å². The van der Waals surface area contributed by atoms with Crippen molar-refractivity contribution in [2.45, 2.75) is 0 Å². The van der Waals surface area contributed by atoms with Gasteiger partial charge in [-0.15, -0.1) is 0 Å². The summed E-state index contributed by atoms with van der Waals surface area (Å²) in [6.07, 6.45) is 2.69. The van der Waals surface area contributed by atoms with Gasteiger partial charge in [-0.25, -0.2) is 14.4 Å². The fourth-order valence-corrected chi connectivity index (χ4v) is 1.35. The smallest absolute Gasteiger partial charge is 0.236 e. The maximum absolute atomic E-state index is 13.3. The van der Waals surface area contributed by atoms with Crippen LogP contribution in [0.4, 0.5) is 8.78 Å². The van der Waals surface area contributed by atoms with Gasteiger partial charge in [0.25, 0.3) is 0 Å². The third-order valence-electron chi connectivity index (χ3n) is 1.76. The van der Waals surface area contributed by atoms with Gasteiger partial charge >= 0.3 is 0 Å². The summed E-state index contributed by atoms with van der Waals surface area (Å²) in [5, 5.41) is 0. The van der Waals surface area contributed by atoms with Gasteiger partial charge < -0.3 is 4.74 Å². The molecular weight excluding hydrogens is 282 g/mol. The van der Waals surface area contributed by atoms with E-state index >= 15 is 0 Å². The van der Waals surface area contributed by atoms with E-state index in [1.54, 1.807) is 0 Å². The van der Waals surface area contributed by atoms with E-state index in [0.29, 0.717) is 4.47 Å². The number of hydrogen-bond donors (Lipinski definition) is 0. The number of benzene rings is 1. The van der Waals surface area contributed by atoms with Crippen LogP contribution in [-0.4, -0.2) is 9.97 Å². The zero-order valence-electron chi connectivity index (χ0n) is 7.82. The zero-order valence-corrected chi connectivity index (χ0v) is 9.41. The molecule has 1 aromatic carbocycles. The van der Waals surface area contributed by atoms with Crippen LogP contribution in [0.5, 0.6) is 11.6 Å². The van der Waals surface area contributed by atoms with E-state index in [4.69, 9.17) is 4.74 Å². The van der Waals surface area contributed by atoms with Gasteiger partial charge in [0.1, 0.15) is 6.33 Å². The number of nitrogens with zero attached hydrogens (tertiary/aromatic N) is 2. The minimum atomic E-state index is -1.05. The van der Waals surface area contributed by atoms with Gasteiger partial charge in [-0.1, -0.05) is 6.07 Å². The zero-order chi connectivity index (χ0) is 11.5. The molecule has 3 nitrogen and oxygen atoms in total. The molecule has 0 radical (unpaired) electrons. The van der Waals surface area contributed by atoms with Gasteiger partial charge in [0.05, 0.1) is 4.47 Å². The van der Waals surface area contributed by atoms with Crippen LogP contribution < -0.4 is 4.74 Å². The van der Waals surface area contributed by atoms with Crippen molar-refractivity contribution >= 4 is 15.9 Å². The molecule has 0 spiro atoms. The maximum Gasteiger partial charge on any atom is 0.236 e. The Bertz CT molecular complexity index is 522. The first-order chi connectivity index (χ1) is 7.68. The summed E-state index contributed by atoms with van der Waals surface area (Å²) in [6.45, 7) is 0. The minimum absolute atomic E-state index is 0.125. The van der Waals surface area contributed by atoms with Crippen LogP contribution in [-0.2, 0) is 0 Å². The van der Waals surface area contributed by atoms with Crippen molar-refractivity contribution in [2.75, 3.05) is 0 Å². The number of rotatable bonds is 2. The van der Waals surface area contributed by atoms with E-state index in [1.165, 1.54) is 24.7 Å². The Balaban J connectivity index is 2.35. The summed E-state index contributed by atoms with van der Waals surface area (Å²) in [4.78, 5) is 7.50. The second-order valence-corrected chi connectivity index (χ2v) is 3.68. The van der Waals surface area contributed by atoms with Crippen LogP contribution in [0.25, 0.3) is 0 Å². The van der Waals surface area contributed by atoms with E-state index in [2.05, 4.69) is 25.9 Å². The molecule has 16 heavy (non-hydrogen) atoms. The lowest BCUT2D eigenvalue weighted by atomic mass is 10.3. The Morgan fingerprint density at radius 1 is 1.25 bits per heavy atom. The van der Waals surface area contributed by atoms with Crippen LogP contribution in [0.3, 0.4) is 0 Å². The second-order valence-electron chi connectivity index (χ2n) is 2.83. The Labute approximate surface area is 98.2 Å². The van der Waals surface area contributed by atoms with E-state index in [9.17, 15) is 8.78 Å². The molecule has 82 valence electrons. The first kappa shape index (κ1) is 10.9. The summed E-state index contributed by atoms with van der Waals surface area (Å²) in [5.74, 6) is -2.12. The highest BCUT2D eigenvalue weighted by Crippen LogP contribution is 2.28. The van der Waals surface area contributed by atoms with Crippen molar-refractivity contribution in [3.8, 4) is 11.6 Å². The quantitative estimate of drug-likeness (QED) is 0.850. The lowest BCUT2D eigenvalue weighted by molar-refractivity contribution is 0.403. The first-order valence-electron chi connectivity index (χ1n) is 4.26. The summed E-state index contributed by atoms with van der Waals surface area (Å²) in [5.41, 5.74) is 0. The third kappa shape index (κ3) is 2.16. The Morgan fingerprint density at radius 3 is 2.81 bits per heavy atom. The van der Waals surface area contributed by atoms with Gasteiger partial charge in [-0.2, -0.15) is 4.39 Å². The fraction of sp³-hybridized carbons (Fsp3) is 0. The molecule has 2 rings (SSSR count). The molecule has 6 heteroatoms. The normalized spacial score (nSPS) is 10.2. The Hall–Kier alpha value is -1.56. The van der Waals surface area contributed by atoms with E-state index in [-0.39, 0.29) is 11.6 Å². The van der Waals surface area contributed by atoms with E-state index in [0.717, 1.165) is 6.07 Å². The Morgan fingerprint density at radius 2 is 2.06 bits per heavy atom. The van der Waals surface area contributed by atoms with E-state index < -0.39 is 11.6 Å². The van der Waals surface area contributed by atoms with Gasteiger partial charge in [-0.3, -0.25) is 0 Å². The number of ether oxygens (including phenoxy) is 1. The highest BCUT2D eigenvalue weighted by Gasteiger charge is 2.11. The first-order valence-corrected chi connectivity index (χ1v) is 5.05. The standard InChI is InChI=1S/C10H5BrF2N2O/c11-6-4-14-5-15-10(6)16-8-3-1-2-7(12)9(8)13/h1-5H. The molecule has 0 fully saturated rings. The van der Waals surface area contributed by atoms with E-state index in [1.807, 2.05) is 0 Å². The summed E-state index contributed by atoms with van der Waals surface area (Å²) >= 11 is 3.13. The van der Waals surface area contributed by atoms with Gasteiger partial charge in [0.15, 0.2) is 11.6 Å². The summed E-state index contributed by atoms with van der Waals surface area (Å²) in [7, 11) is 0. The molecule has 0 amide bonds. The van der Waals surface area contributed by atoms with Crippen molar-refractivity contribution in [2.24, 2.45) is 0 Å². The lowest BCUT2D eigenvalue weighted by Crippen LogP contribution is -1.94. The van der Waals surface area contributed by atoms with Crippen molar-refractivity contribution in [3.63, 3.8) is 0 Å². The van der Waals surface area contributed by atoms with Gasteiger partial charge in [0, 0.05) is 6.20 Å². The van der Waals surface area contributed by atoms with Crippen LogP contribution in [0.15, 0.2) is 35.2 Å². The van der Waals surface area contributed by atoms with Crippen LogP contribution in [0.1, 0.15) is 0 Å². The van der Waals surface area contributed by atoms with Crippen molar-refractivity contribution in [1.82, 2.24) is 9.97 Å². The average molecular weight is 287 g/mol. The molecule has 0 unspecified atom stereocenters. The molecule has 2 aromatic rings. The monoisotopic (exact) mass is 286 g/mol. The molecule has 0 saturated heterocycles. The van der Waals surface area contributed by atoms with Crippen molar-refractivity contribution in [3.05, 3.63) is 46.8 Å². The third-order valence-corrected chi connectivity index (χ3v) is 2.30. The highest BCUT2D eigenvalue weighted by molar-refractivity contribution is 9.10. The second kappa shape index (κ2) is 4.52. The minimum Gasteiger partial charge on any atom is -0.435 e. The molecule has 0 bridgehead atoms. The molecule has 1 heterocycles. The predicted molar refractivity (Wildman–Crippen MR) is 56.2 cm³/mol. The number of hydrogen-bond acceptors (Lipinski definition) is 3. The molecule has 0 atom stereocenters. The SMILES string of the molecule is Fc1cccc(Oc2ncncc2Br)c1F. The molecule has 0 aliphatic carbocycles. The maximum atomic E-state index is 13.3. The molecule has 0 N–H and O–H groups in total. The highest BCUT2D eigenvalue weighted by atomic mass is 79.9. The molecular formula is C10H5BrF2N2O. The van der Waals surface area contributed by atoms with Crippen LogP contribution >= 0.6 is 15.9 Å². The van der Waals surface area contributed by atoms with Crippen molar-refractivity contribution < 1.29 is 13.5 Å². The average Bonchev–Trinajstić information content (AvgIpc) is 2.28. The fourth-order valence-electron chi connectivity index (χ4n) is 1.04. The van der Waals surface area contributed by atoms with Crippen LogP contribution in [0, 0.1) is 11.6 Å². The largest absolute Gasteiger partial charge is 0.435 e. The molecule has 0 aliphatic heterocycles. The summed E-state index contributed by atoms with van der Waals surface area (Å²) < 4.78 is 31.7. The molecule has 0 aliphatic rings. The summed E-state index contributed by atoms with van der Waals surface area (Å²) in [6, 6.07) is 3.67.